The van der Waals surface area contributed by atoms with Crippen LogP contribution in [0.25, 0.3) is 11.4 Å². The van der Waals surface area contributed by atoms with E-state index in [1.54, 1.807) is 30.2 Å². The lowest BCUT2D eigenvalue weighted by molar-refractivity contribution is 0.184. The fourth-order valence-corrected chi connectivity index (χ4v) is 3.58. The number of rotatable bonds is 4. The zero-order chi connectivity index (χ0) is 20.2. The van der Waals surface area contributed by atoms with Crippen molar-refractivity contribution in [3.8, 4) is 17.1 Å². The summed E-state index contributed by atoms with van der Waals surface area (Å²) in [6.45, 7) is 1.21. The molecule has 0 spiro atoms. The van der Waals surface area contributed by atoms with Gasteiger partial charge in [0, 0.05) is 29.4 Å². The number of urea groups is 1. The largest absolute Gasteiger partial charge is 0.497 e. The fourth-order valence-electron chi connectivity index (χ4n) is 3.39. The predicted octanol–water partition coefficient (Wildman–Crippen LogP) is 4.81. The van der Waals surface area contributed by atoms with Crippen molar-refractivity contribution in [1.82, 2.24) is 15.0 Å². The average Bonchev–Trinajstić information content (AvgIpc) is 3.24. The van der Waals surface area contributed by atoms with Crippen LogP contribution in [-0.4, -0.2) is 41.3 Å². The second-order valence-electron chi connectivity index (χ2n) is 6.91. The predicted molar refractivity (Wildman–Crippen MR) is 110 cm³/mol. The first kappa shape index (κ1) is 19.3. The number of hydrogen-bond acceptors (Lipinski definition) is 5. The molecule has 1 N–H and O–H groups in total. The standard InChI is InChI=1S/C21H21ClN4O3/c1-28-18-9-7-14(8-10-18)19-24-20(29-25-19)15-4-3-11-26(13-15)21(27)23-17-6-2-5-16(22)12-17/h2,5-10,12,15H,3-4,11,13H2,1H3,(H,23,27)/t15-/m1/s1. The molecule has 4 rings (SSSR count). The van der Waals surface area contributed by atoms with Crippen LogP contribution in [0.1, 0.15) is 24.7 Å². The van der Waals surface area contributed by atoms with Crippen molar-refractivity contribution in [3.05, 3.63) is 59.4 Å². The molecule has 1 fully saturated rings. The SMILES string of the molecule is COc1ccc(-c2noc([C@@H]3CCCN(C(=O)Nc4cccc(Cl)c4)C3)n2)cc1. The van der Waals surface area contributed by atoms with Gasteiger partial charge in [-0.2, -0.15) is 4.98 Å². The molecule has 29 heavy (non-hydrogen) atoms. The summed E-state index contributed by atoms with van der Waals surface area (Å²) in [6.07, 6.45) is 1.76. The van der Waals surface area contributed by atoms with Gasteiger partial charge in [-0.15, -0.1) is 0 Å². The molecule has 7 nitrogen and oxygen atoms in total. The van der Waals surface area contributed by atoms with E-state index in [0.717, 1.165) is 24.2 Å². The van der Waals surface area contributed by atoms with Gasteiger partial charge >= 0.3 is 6.03 Å². The molecular weight excluding hydrogens is 392 g/mol. The Hall–Kier alpha value is -3.06. The highest BCUT2D eigenvalue weighted by Gasteiger charge is 2.28. The van der Waals surface area contributed by atoms with Gasteiger partial charge in [0.25, 0.3) is 0 Å². The first-order chi connectivity index (χ1) is 14.1. The number of carbonyl (C=O) groups is 1. The van der Waals surface area contributed by atoms with E-state index in [1.165, 1.54) is 0 Å². The highest BCUT2D eigenvalue weighted by atomic mass is 35.5. The molecule has 2 amide bonds. The topological polar surface area (TPSA) is 80.5 Å². The van der Waals surface area contributed by atoms with Gasteiger partial charge in [0.2, 0.25) is 11.7 Å². The lowest BCUT2D eigenvalue weighted by Crippen LogP contribution is -2.41. The Balaban J connectivity index is 1.43. The number of hydrogen-bond donors (Lipinski definition) is 1. The number of likely N-dealkylation sites (tertiary alicyclic amines) is 1. The van der Waals surface area contributed by atoms with Crippen LogP contribution in [-0.2, 0) is 0 Å². The molecule has 1 aliphatic rings. The fraction of sp³-hybridized carbons (Fsp3) is 0.286. The van der Waals surface area contributed by atoms with Crippen LogP contribution in [0.15, 0.2) is 53.1 Å². The summed E-state index contributed by atoms with van der Waals surface area (Å²) in [5, 5.41) is 7.57. The number of nitrogens with zero attached hydrogens (tertiary/aromatic N) is 3. The normalized spacial score (nSPS) is 16.5. The van der Waals surface area contributed by atoms with E-state index in [-0.39, 0.29) is 11.9 Å². The maximum absolute atomic E-state index is 12.6. The molecule has 0 unspecified atom stereocenters. The summed E-state index contributed by atoms with van der Waals surface area (Å²) in [5.41, 5.74) is 1.52. The molecule has 0 bridgehead atoms. The highest BCUT2D eigenvalue weighted by Crippen LogP contribution is 2.28. The Morgan fingerprint density at radius 3 is 2.86 bits per heavy atom. The van der Waals surface area contributed by atoms with Gasteiger partial charge in [-0.05, 0) is 55.3 Å². The summed E-state index contributed by atoms with van der Waals surface area (Å²) in [5.74, 6) is 1.86. The zero-order valence-electron chi connectivity index (χ0n) is 16.0. The van der Waals surface area contributed by atoms with Crippen molar-refractivity contribution in [3.63, 3.8) is 0 Å². The Morgan fingerprint density at radius 1 is 1.28 bits per heavy atom. The van der Waals surface area contributed by atoms with Crippen molar-refractivity contribution in [2.45, 2.75) is 18.8 Å². The Bertz CT molecular complexity index is 990. The summed E-state index contributed by atoms with van der Waals surface area (Å²) < 4.78 is 10.7. The molecule has 2 aromatic carbocycles. The lowest BCUT2D eigenvalue weighted by Gasteiger charge is -2.31. The number of amides is 2. The maximum atomic E-state index is 12.6. The summed E-state index contributed by atoms with van der Waals surface area (Å²) in [6, 6.07) is 14.4. The third-order valence-electron chi connectivity index (χ3n) is 4.92. The summed E-state index contributed by atoms with van der Waals surface area (Å²) in [4.78, 5) is 19.0. The van der Waals surface area contributed by atoms with Gasteiger partial charge in [0.05, 0.1) is 13.0 Å². The van der Waals surface area contributed by atoms with Crippen LogP contribution in [0.5, 0.6) is 5.75 Å². The number of carbonyl (C=O) groups excluding carboxylic acids is 1. The van der Waals surface area contributed by atoms with Crippen LogP contribution < -0.4 is 10.1 Å². The minimum atomic E-state index is -0.160. The number of aromatic nitrogens is 2. The van der Waals surface area contributed by atoms with Crippen LogP contribution in [0.2, 0.25) is 5.02 Å². The van der Waals surface area contributed by atoms with E-state index in [2.05, 4.69) is 15.5 Å². The van der Waals surface area contributed by atoms with Gasteiger partial charge in [-0.3, -0.25) is 0 Å². The number of anilines is 1. The maximum Gasteiger partial charge on any atom is 0.321 e. The Labute approximate surface area is 173 Å². The molecule has 1 aliphatic heterocycles. The van der Waals surface area contributed by atoms with Gasteiger partial charge in [0.1, 0.15) is 5.75 Å². The molecular formula is C21H21ClN4O3. The molecule has 2 heterocycles. The number of halogens is 1. The molecule has 0 saturated carbocycles. The van der Waals surface area contributed by atoms with Crippen LogP contribution >= 0.6 is 11.6 Å². The molecule has 1 aromatic heterocycles. The number of nitrogens with one attached hydrogen (secondary N) is 1. The molecule has 1 atom stereocenters. The quantitative estimate of drug-likeness (QED) is 0.665. The molecule has 150 valence electrons. The second-order valence-corrected chi connectivity index (χ2v) is 7.35. The van der Waals surface area contributed by atoms with Crippen molar-refractivity contribution < 1.29 is 14.1 Å². The van der Waals surface area contributed by atoms with Gasteiger partial charge in [-0.25, -0.2) is 4.79 Å². The first-order valence-electron chi connectivity index (χ1n) is 9.42. The van der Waals surface area contributed by atoms with E-state index in [4.69, 9.17) is 20.9 Å². The van der Waals surface area contributed by atoms with Crippen molar-refractivity contribution in [2.75, 3.05) is 25.5 Å². The van der Waals surface area contributed by atoms with Crippen LogP contribution in [0.4, 0.5) is 10.5 Å². The lowest BCUT2D eigenvalue weighted by atomic mass is 9.98. The van der Waals surface area contributed by atoms with E-state index in [9.17, 15) is 4.79 Å². The molecule has 1 saturated heterocycles. The number of piperidine rings is 1. The highest BCUT2D eigenvalue weighted by molar-refractivity contribution is 6.30. The Kier molecular flexibility index (Phi) is 5.67. The van der Waals surface area contributed by atoms with Crippen LogP contribution in [0.3, 0.4) is 0 Å². The van der Waals surface area contributed by atoms with E-state index in [1.807, 2.05) is 30.3 Å². The summed E-state index contributed by atoms with van der Waals surface area (Å²) >= 11 is 5.99. The first-order valence-corrected chi connectivity index (χ1v) is 9.79. The molecule has 3 aromatic rings. The van der Waals surface area contributed by atoms with E-state index < -0.39 is 0 Å². The van der Waals surface area contributed by atoms with Crippen LogP contribution in [0, 0.1) is 0 Å². The number of methoxy groups -OCH3 is 1. The van der Waals surface area contributed by atoms with Crippen molar-refractivity contribution in [2.24, 2.45) is 0 Å². The molecule has 0 radical (unpaired) electrons. The minimum absolute atomic E-state index is 0.00774. The van der Waals surface area contributed by atoms with E-state index >= 15 is 0 Å². The Morgan fingerprint density at radius 2 is 2.10 bits per heavy atom. The minimum Gasteiger partial charge on any atom is -0.497 e. The molecule has 8 heteroatoms. The smallest absolute Gasteiger partial charge is 0.321 e. The van der Waals surface area contributed by atoms with Gasteiger partial charge < -0.3 is 19.5 Å². The number of benzene rings is 2. The number of ether oxygens (including phenoxy) is 1. The zero-order valence-corrected chi connectivity index (χ0v) is 16.7. The van der Waals surface area contributed by atoms with Gasteiger partial charge in [0.15, 0.2) is 0 Å². The monoisotopic (exact) mass is 412 g/mol. The van der Waals surface area contributed by atoms with Gasteiger partial charge in [-0.1, -0.05) is 22.8 Å². The third kappa shape index (κ3) is 4.51. The third-order valence-corrected chi connectivity index (χ3v) is 5.16. The van der Waals surface area contributed by atoms with E-state index in [0.29, 0.717) is 35.5 Å². The average molecular weight is 413 g/mol. The molecule has 0 aliphatic carbocycles. The second kappa shape index (κ2) is 8.53. The summed E-state index contributed by atoms with van der Waals surface area (Å²) in [7, 11) is 1.62. The van der Waals surface area contributed by atoms with Crippen molar-refractivity contribution >= 4 is 23.3 Å². The van der Waals surface area contributed by atoms with Crippen molar-refractivity contribution in [1.29, 1.82) is 0 Å².